The number of ether oxygens (including phenoxy) is 2. The van der Waals surface area contributed by atoms with E-state index in [2.05, 4.69) is 15.9 Å². The zero-order chi connectivity index (χ0) is 19.1. The maximum Gasteiger partial charge on any atom is 0.270 e. The van der Waals surface area contributed by atoms with Gasteiger partial charge in [0, 0.05) is 24.6 Å². The lowest BCUT2D eigenvalue weighted by Crippen LogP contribution is -2.27. The van der Waals surface area contributed by atoms with Crippen LogP contribution in [0.15, 0.2) is 45.8 Å². The SMILES string of the molecule is CN(C)c1ccc(/C=C2\SC(=S)N(c3ccc4c(c3)OCO4)C2=O)cc1Br. The summed E-state index contributed by atoms with van der Waals surface area (Å²) in [4.78, 5) is 17.1. The van der Waals surface area contributed by atoms with Crippen molar-refractivity contribution in [2.45, 2.75) is 0 Å². The number of thioether (sulfide) groups is 1. The van der Waals surface area contributed by atoms with Crippen LogP contribution in [0.4, 0.5) is 11.4 Å². The second-order valence-electron chi connectivity index (χ2n) is 6.16. The van der Waals surface area contributed by atoms with Crippen LogP contribution in [0, 0.1) is 0 Å². The Bertz CT molecular complexity index is 991. The first-order valence-electron chi connectivity index (χ1n) is 8.08. The fourth-order valence-electron chi connectivity index (χ4n) is 2.84. The molecule has 0 aromatic heterocycles. The maximum absolute atomic E-state index is 12.9. The van der Waals surface area contributed by atoms with Crippen molar-refractivity contribution in [2.75, 3.05) is 30.7 Å². The Morgan fingerprint density at radius 3 is 2.70 bits per heavy atom. The van der Waals surface area contributed by atoms with Crippen molar-refractivity contribution >= 4 is 67.6 Å². The number of halogens is 1. The van der Waals surface area contributed by atoms with Gasteiger partial charge in [-0.2, -0.15) is 0 Å². The third kappa shape index (κ3) is 3.44. The molecule has 2 aromatic carbocycles. The van der Waals surface area contributed by atoms with Crippen LogP contribution in [0.5, 0.6) is 11.5 Å². The molecule has 0 spiro atoms. The molecule has 27 heavy (non-hydrogen) atoms. The van der Waals surface area contributed by atoms with Gasteiger partial charge in [-0.05, 0) is 51.8 Å². The molecular formula is C19H15BrN2O3S2. The Balaban J connectivity index is 1.63. The van der Waals surface area contributed by atoms with Crippen LogP contribution < -0.4 is 19.3 Å². The van der Waals surface area contributed by atoms with Gasteiger partial charge >= 0.3 is 0 Å². The minimum atomic E-state index is -0.142. The Hall–Kier alpha value is -2.03. The molecule has 0 N–H and O–H groups in total. The summed E-state index contributed by atoms with van der Waals surface area (Å²) in [6.07, 6.45) is 1.86. The molecule has 2 aromatic rings. The highest BCUT2D eigenvalue weighted by atomic mass is 79.9. The summed E-state index contributed by atoms with van der Waals surface area (Å²) in [5.41, 5.74) is 2.67. The van der Waals surface area contributed by atoms with Gasteiger partial charge in [-0.1, -0.05) is 30.0 Å². The molecule has 0 bridgehead atoms. The highest BCUT2D eigenvalue weighted by molar-refractivity contribution is 9.10. The molecule has 0 radical (unpaired) electrons. The Morgan fingerprint density at radius 1 is 1.19 bits per heavy atom. The lowest BCUT2D eigenvalue weighted by molar-refractivity contribution is -0.113. The van der Waals surface area contributed by atoms with Gasteiger partial charge in [0.25, 0.3) is 5.91 Å². The van der Waals surface area contributed by atoms with E-state index in [-0.39, 0.29) is 12.7 Å². The molecule has 8 heteroatoms. The standard InChI is InChI=1S/C19H15BrN2O3S2/c1-21(2)14-5-3-11(7-13(14)20)8-17-18(23)22(19(26)27-17)12-4-6-15-16(9-12)25-10-24-15/h3-9H,10H2,1-2H3/b17-8-. The molecule has 5 nitrogen and oxygen atoms in total. The van der Waals surface area contributed by atoms with Crippen molar-refractivity contribution < 1.29 is 14.3 Å². The molecule has 4 rings (SSSR count). The molecule has 2 aliphatic rings. The Labute approximate surface area is 175 Å². The summed E-state index contributed by atoms with van der Waals surface area (Å²) in [6.45, 7) is 0.189. The zero-order valence-corrected chi connectivity index (χ0v) is 17.8. The van der Waals surface area contributed by atoms with E-state index in [4.69, 9.17) is 21.7 Å². The number of anilines is 2. The van der Waals surface area contributed by atoms with Crippen molar-refractivity contribution in [1.82, 2.24) is 0 Å². The lowest BCUT2D eigenvalue weighted by Gasteiger charge is -2.15. The predicted octanol–water partition coefficient (Wildman–Crippen LogP) is 4.65. The third-order valence-electron chi connectivity index (χ3n) is 4.16. The first-order chi connectivity index (χ1) is 12.9. The summed E-state index contributed by atoms with van der Waals surface area (Å²) in [7, 11) is 3.96. The van der Waals surface area contributed by atoms with Gasteiger partial charge in [-0.15, -0.1) is 0 Å². The fourth-order valence-corrected chi connectivity index (χ4v) is 4.89. The number of nitrogens with zero attached hydrogens (tertiary/aromatic N) is 2. The van der Waals surface area contributed by atoms with Crippen LogP contribution in [0.3, 0.4) is 0 Å². The Kier molecular flexibility index (Phi) is 4.88. The first-order valence-corrected chi connectivity index (χ1v) is 10.1. The van der Waals surface area contributed by atoms with E-state index >= 15 is 0 Å². The van der Waals surface area contributed by atoms with Gasteiger partial charge in [-0.25, -0.2) is 0 Å². The molecular weight excluding hydrogens is 448 g/mol. The number of fused-ring (bicyclic) bond motifs is 1. The lowest BCUT2D eigenvalue weighted by atomic mass is 10.2. The summed E-state index contributed by atoms with van der Waals surface area (Å²) < 4.78 is 12.2. The summed E-state index contributed by atoms with van der Waals surface area (Å²) in [6, 6.07) is 11.4. The van der Waals surface area contributed by atoms with E-state index in [0.717, 1.165) is 15.7 Å². The van der Waals surface area contributed by atoms with E-state index in [1.807, 2.05) is 49.3 Å². The molecule has 1 saturated heterocycles. The zero-order valence-electron chi connectivity index (χ0n) is 14.6. The molecule has 0 saturated carbocycles. The van der Waals surface area contributed by atoms with Crippen LogP contribution in [0.1, 0.15) is 5.56 Å². The van der Waals surface area contributed by atoms with Crippen molar-refractivity contribution in [3.05, 3.63) is 51.3 Å². The quantitative estimate of drug-likeness (QED) is 0.488. The van der Waals surface area contributed by atoms with Crippen molar-refractivity contribution in [3.8, 4) is 11.5 Å². The first kappa shape index (κ1) is 18.3. The van der Waals surface area contributed by atoms with Gasteiger partial charge in [0.15, 0.2) is 15.8 Å². The van der Waals surface area contributed by atoms with Crippen molar-refractivity contribution in [2.24, 2.45) is 0 Å². The molecule has 1 fully saturated rings. The van der Waals surface area contributed by atoms with Crippen LogP contribution in [-0.4, -0.2) is 31.1 Å². The van der Waals surface area contributed by atoms with Crippen LogP contribution in [0.25, 0.3) is 6.08 Å². The largest absolute Gasteiger partial charge is 0.454 e. The van der Waals surface area contributed by atoms with Gasteiger partial charge < -0.3 is 14.4 Å². The number of carbonyl (C=O) groups excluding carboxylic acids is 1. The number of amides is 1. The average Bonchev–Trinajstić information content (AvgIpc) is 3.18. The normalized spacial score (nSPS) is 17.1. The highest BCUT2D eigenvalue weighted by Crippen LogP contribution is 2.41. The number of benzene rings is 2. The molecule has 0 aliphatic carbocycles. The van der Waals surface area contributed by atoms with Crippen LogP contribution in [-0.2, 0) is 4.79 Å². The summed E-state index contributed by atoms with van der Waals surface area (Å²) in [5.74, 6) is 1.15. The Morgan fingerprint density at radius 2 is 1.96 bits per heavy atom. The van der Waals surface area contributed by atoms with Crippen LogP contribution >= 0.6 is 39.9 Å². The van der Waals surface area contributed by atoms with E-state index in [9.17, 15) is 4.79 Å². The smallest absolute Gasteiger partial charge is 0.270 e. The molecule has 0 unspecified atom stereocenters. The van der Waals surface area contributed by atoms with E-state index < -0.39 is 0 Å². The van der Waals surface area contributed by atoms with Crippen molar-refractivity contribution in [3.63, 3.8) is 0 Å². The summed E-state index contributed by atoms with van der Waals surface area (Å²) in [5, 5.41) is 0. The molecule has 2 aliphatic heterocycles. The monoisotopic (exact) mass is 462 g/mol. The third-order valence-corrected chi connectivity index (χ3v) is 6.10. The van der Waals surface area contributed by atoms with E-state index in [0.29, 0.717) is 26.4 Å². The minimum absolute atomic E-state index is 0.142. The molecule has 1 amide bonds. The summed E-state index contributed by atoms with van der Waals surface area (Å²) >= 11 is 10.3. The molecule has 2 heterocycles. The van der Waals surface area contributed by atoms with E-state index in [1.54, 1.807) is 12.1 Å². The highest BCUT2D eigenvalue weighted by Gasteiger charge is 2.34. The maximum atomic E-state index is 12.9. The topological polar surface area (TPSA) is 42.0 Å². The van der Waals surface area contributed by atoms with Gasteiger partial charge in [0.1, 0.15) is 0 Å². The number of carbonyl (C=O) groups is 1. The number of rotatable bonds is 3. The molecule has 0 atom stereocenters. The number of hydrogen-bond acceptors (Lipinski definition) is 6. The average molecular weight is 463 g/mol. The van der Waals surface area contributed by atoms with Crippen LogP contribution in [0.2, 0.25) is 0 Å². The number of hydrogen-bond donors (Lipinski definition) is 0. The number of thiocarbonyl (C=S) groups is 1. The van der Waals surface area contributed by atoms with Crippen molar-refractivity contribution in [1.29, 1.82) is 0 Å². The van der Waals surface area contributed by atoms with Gasteiger partial charge in [0.2, 0.25) is 6.79 Å². The second kappa shape index (κ2) is 7.18. The minimum Gasteiger partial charge on any atom is -0.454 e. The predicted molar refractivity (Wildman–Crippen MR) is 117 cm³/mol. The van der Waals surface area contributed by atoms with Gasteiger partial charge in [0.05, 0.1) is 16.3 Å². The van der Waals surface area contributed by atoms with E-state index in [1.165, 1.54) is 16.7 Å². The second-order valence-corrected chi connectivity index (χ2v) is 8.69. The fraction of sp³-hybridized carbons (Fsp3) is 0.158. The van der Waals surface area contributed by atoms with Gasteiger partial charge in [-0.3, -0.25) is 9.69 Å². The molecule has 138 valence electrons.